The molecule has 0 bridgehead atoms. The summed E-state index contributed by atoms with van der Waals surface area (Å²) in [7, 11) is 0. The Morgan fingerprint density at radius 3 is 2.85 bits per heavy atom. The number of pyridine rings is 1. The van der Waals surface area contributed by atoms with Crippen molar-refractivity contribution in [3.05, 3.63) is 29.0 Å². The van der Waals surface area contributed by atoms with E-state index in [1.165, 1.54) is 6.20 Å². The van der Waals surface area contributed by atoms with Crippen molar-refractivity contribution in [3.63, 3.8) is 0 Å². The number of nitrogens with zero attached hydrogens (tertiary/aromatic N) is 2. The van der Waals surface area contributed by atoms with Crippen LogP contribution in [0, 0.1) is 0 Å². The summed E-state index contributed by atoms with van der Waals surface area (Å²) in [5.41, 5.74) is 0.504. The van der Waals surface area contributed by atoms with Crippen LogP contribution in [0.15, 0.2) is 18.5 Å². The quantitative estimate of drug-likeness (QED) is 0.684. The molecule has 1 aliphatic rings. The van der Waals surface area contributed by atoms with E-state index < -0.39 is 0 Å². The zero-order valence-corrected chi connectivity index (χ0v) is 7.79. The predicted molar refractivity (Wildman–Crippen MR) is 49.8 cm³/mol. The third-order valence-electron chi connectivity index (χ3n) is 2.14. The lowest BCUT2D eigenvalue weighted by molar-refractivity contribution is 0.0651. The van der Waals surface area contributed by atoms with Gasteiger partial charge in [-0.25, -0.2) is 0 Å². The van der Waals surface area contributed by atoms with Gasteiger partial charge >= 0.3 is 0 Å². The minimum absolute atomic E-state index is 0.00986. The predicted octanol–water partition coefficient (Wildman–Crippen LogP) is 1.58. The number of carbonyl (C=O) groups is 1. The smallest absolute Gasteiger partial charge is 0.256 e. The van der Waals surface area contributed by atoms with E-state index in [9.17, 15) is 4.79 Å². The highest BCUT2D eigenvalue weighted by Gasteiger charge is 2.23. The molecule has 1 aromatic rings. The van der Waals surface area contributed by atoms with Gasteiger partial charge in [0.05, 0.1) is 10.6 Å². The van der Waals surface area contributed by atoms with Crippen molar-refractivity contribution < 1.29 is 4.79 Å². The topological polar surface area (TPSA) is 33.2 Å². The van der Waals surface area contributed by atoms with E-state index in [0.29, 0.717) is 10.6 Å². The Kier molecular flexibility index (Phi) is 2.19. The van der Waals surface area contributed by atoms with Crippen LogP contribution in [0.1, 0.15) is 16.8 Å². The largest absolute Gasteiger partial charge is 0.338 e. The lowest BCUT2D eigenvalue weighted by Crippen LogP contribution is -2.42. The molecule has 2 rings (SSSR count). The zero-order valence-electron chi connectivity index (χ0n) is 7.03. The fraction of sp³-hybridized carbons (Fsp3) is 0.333. The first-order valence-electron chi connectivity index (χ1n) is 4.18. The highest BCUT2D eigenvalue weighted by molar-refractivity contribution is 6.33. The number of aromatic nitrogens is 1. The molecule has 0 radical (unpaired) electrons. The highest BCUT2D eigenvalue weighted by Crippen LogP contribution is 2.18. The van der Waals surface area contributed by atoms with E-state index in [0.717, 1.165) is 19.5 Å². The molecule has 1 saturated heterocycles. The molecule has 1 aliphatic heterocycles. The Morgan fingerprint density at radius 1 is 1.54 bits per heavy atom. The zero-order chi connectivity index (χ0) is 9.26. The van der Waals surface area contributed by atoms with Crippen LogP contribution in [-0.2, 0) is 0 Å². The first kappa shape index (κ1) is 8.51. The second-order valence-corrected chi connectivity index (χ2v) is 3.41. The Balaban J connectivity index is 2.24. The number of halogens is 1. The van der Waals surface area contributed by atoms with E-state index in [2.05, 4.69) is 4.98 Å². The lowest BCUT2D eigenvalue weighted by Gasteiger charge is -2.30. The molecule has 0 saturated carbocycles. The normalized spacial score (nSPS) is 15.3. The van der Waals surface area contributed by atoms with E-state index in [4.69, 9.17) is 11.6 Å². The standard InChI is InChI=1S/C9H9ClN2O/c10-8-2-3-11-6-7(8)9(13)12-4-1-5-12/h2-3,6H,1,4-5H2. The molecule has 0 aliphatic carbocycles. The van der Waals surface area contributed by atoms with Gasteiger partial charge in [0.15, 0.2) is 0 Å². The second kappa shape index (κ2) is 3.34. The summed E-state index contributed by atoms with van der Waals surface area (Å²) in [6, 6.07) is 1.63. The molecular formula is C9H9ClN2O. The number of carbonyl (C=O) groups excluding carboxylic acids is 1. The van der Waals surface area contributed by atoms with E-state index >= 15 is 0 Å². The summed E-state index contributed by atoms with van der Waals surface area (Å²) in [6.45, 7) is 1.67. The van der Waals surface area contributed by atoms with Crippen LogP contribution in [0.2, 0.25) is 5.02 Å². The van der Waals surface area contributed by atoms with Crippen molar-refractivity contribution in [1.29, 1.82) is 0 Å². The summed E-state index contributed by atoms with van der Waals surface area (Å²) in [6.07, 6.45) is 4.18. The summed E-state index contributed by atoms with van der Waals surface area (Å²) in [5.74, 6) is -0.00986. The van der Waals surface area contributed by atoms with Gasteiger partial charge in [0.25, 0.3) is 5.91 Å². The molecule has 68 valence electrons. The van der Waals surface area contributed by atoms with E-state index in [-0.39, 0.29) is 5.91 Å². The van der Waals surface area contributed by atoms with Crippen LogP contribution in [0.25, 0.3) is 0 Å². The first-order chi connectivity index (χ1) is 6.29. The molecule has 0 spiro atoms. The summed E-state index contributed by atoms with van der Waals surface area (Å²) in [4.78, 5) is 17.3. The van der Waals surface area contributed by atoms with Gasteiger partial charge in [-0.2, -0.15) is 0 Å². The molecule has 0 atom stereocenters. The fourth-order valence-electron chi connectivity index (χ4n) is 1.22. The SMILES string of the molecule is O=C(c1cnccc1Cl)N1CCC1. The van der Waals surface area contributed by atoms with Gasteiger partial charge < -0.3 is 4.90 Å². The third-order valence-corrected chi connectivity index (χ3v) is 2.47. The third kappa shape index (κ3) is 1.52. The number of amides is 1. The molecular weight excluding hydrogens is 188 g/mol. The molecule has 0 aromatic carbocycles. The summed E-state index contributed by atoms with van der Waals surface area (Å²) in [5, 5.41) is 0.479. The lowest BCUT2D eigenvalue weighted by atomic mass is 10.1. The van der Waals surface area contributed by atoms with Crippen molar-refractivity contribution in [2.75, 3.05) is 13.1 Å². The van der Waals surface area contributed by atoms with Crippen LogP contribution < -0.4 is 0 Å². The molecule has 3 nitrogen and oxygen atoms in total. The van der Waals surface area contributed by atoms with Gasteiger partial charge in [-0.3, -0.25) is 9.78 Å². The minimum Gasteiger partial charge on any atom is -0.338 e. The van der Waals surface area contributed by atoms with Gasteiger partial charge in [0.1, 0.15) is 0 Å². The van der Waals surface area contributed by atoms with Crippen LogP contribution in [0.3, 0.4) is 0 Å². The van der Waals surface area contributed by atoms with Gasteiger partial charge in [-0.1, -0.05) is 11.6 Å². The molecule has 1 fully saturated rings. The Bertz CT molecular complexity index is 336. The van der Waals surface area contributed by atoms with Crippen LogP contribution >= 0.6 is 11.6 Å². The maximum Gasteiger partial charge on any atom is 0.256 e. The molecule has 0 unspecified atom stereocenters. The van der Waals surface area contributed by atoms with Crippen molar-refractivity contribution in [2.45, 2.75) is 6.42 Å². The van der Waals surface area contributed by atoms with Crippen molar-refractivity contribution >= 4 is 17.5 Å². The Hall–Kier alpha value is -1.09. The number of hydrogen-bond donors (Lipinski definition) is 0. The molecule has 4 heteroatoms. The Morgan fingerprint density at radius 2 is 2.31 bits per heavy atom. The summed E-state index contributed by atoms with van der Waals surface area (Å²) < 4.78 is 0. The fourth-order valence-corrected chi connectivity index (χ4v) is 1.41. The minimum atomic E-state index is -0.00986. The molecule has 0 N–H and O–H groups in total. The van der Waals surface area contributed by atoms with Crippen LogP contribution in [0.5, 0.6) is 0 Å². The molecule has 2 heterocycles. The van der Waals surface area contributed by atoms with Crippen molar-refractivity contribution in [2.24, 2.45) is 0 Å². The van der Waals surface area contributed by atoms with E-state index in [1.807, 2.05) is 0 Å². The maximum absolute atomic E-state index is 11.6. The second-order valence-electron chi connectivity index (χ2n) is 3.00. The first-order valence-corrected chi connectivity index (χ1v) is 4.55. The van der Waals surface area contributed by atoms with Gasteiger partial charge in [-0.15, -0.1) is 0 Å². The number of hydrogen-bond acceptors (Lipinski definition) is 2. The molecule has 1 aromatic heterocycles. The average Bonchev–Trinajstić information content (AvgIpc) is 2.01. The van der Waals surface area contributed by atoms with Crippen LogP contribution in [0.4, 0.5) is 0 Å². The van der Waals surface area contributed by atoms with Gasteiger partial charge in [0, 0.05) is 25.5 Å². The average molecular weight is 197 g/mol. The molecule has 13 heavy (non-hydrogen) atoms. The molecule has 1 amide bonds. The van der Waals surface area contributed by atoms with Crippen LogP contribution in [-0.4, -0.2) is 28.9 Å². The van der Waals surface area contributed by atoms with Crippen molar-refractivity contribution in [1.82, 2.24) is 9.88 Å². The number of rotatable bonds is 1. The maximum atomic E-state index is 11.6. The number of likely N-dealkylation sites (tertiary alicyclic amines) is 1. The monoisotopic (exact) mass is 196 g/mol. The Labute approximate surface area is 81.3 Å². The van der Waals surface area contributed by atoms with Gasteiger partial charge in [-0.05, 0) is 12.5 Å². The van der Waals surface area contributed by atoms with Gasteiger partial charge in [0.2, 0.25) is 0 Å². The van der Waals surface area contributed by atoms with E-state index in [1.54, 1.807) is 17.2 Å². The van der Waals surface area contributed by atoms with Crippen molar-refractivity contribution in [3.8, 4) is 0 Å². The summed E-state index contributed by atoms with van der Waals surface area (Å²) >= 11 is 5.86. The highest BCUT2D eigenvalue weighted by atomic mass is 35.5.